The van der Waals surface area contributed by atoms with Gasteiger partial charge < -0.3 is 0 Å². The van der Waals surface area contributed by atoms with Gasteiger partial charge in [-0.15, -0.1) is 0 Å². The maximum atomic E-state index is 4.25. The van der Waals surface area contributed by atoms with Crippen molar-refractivity contribution in [3.63, 3.8) is 0 Å². The average Bonchev–Trinajstić information content (AvgIpc) is 2.37. The summed E-state index contributed by atoms with van der Waals surface area (Å²) in [6.45, 7) is 3.86. The van der Waals surface area contributed by atoms with Gasteiger partial charge in [-0.05, 0) is 25.5 Å². The third-order valence-corrected chi connectivity index (χ3v) is 2.31. The zero-order chi connectivity index (χ0) is 12.1. The van der Waals surface area contributed by atoms with Crippen LogP contribution >= 0.6 is 0 Å². The number of nitrogens with zero attached hydrogens (tertiary/aromatic N) is 3. The molecule has 2 aromatic rings. The molecule has 0 radical (unpaired) electrons. The molecule has 0 aliphatic carbocycles. The van der Waals surface area contributed by atoms with E-state index in [1.54, 1.807) is 6.20 Å². The minimum absolute atomic E-state index is 0.514. The normalized spacial score (nSPS) is 11.3. The lowest BCUT2D eigenvalue weighted by molar-refractivity contribution is 1.07. The fraction of sp³-hybridized carbons (Fsp3) is 0.154. The van der Waals surface area contributed by atoms with Crippen LogP contribution < -0.4 is 5.43 Å². The Morgan fingerprint density at radius 2 is 1.94 bits per heavy atom. The van der Waals surface area contributed by atoms with E-state index >= 15 is 0 Å². The molecule has 0 aliphatic heterocycles. The Bertz CT molecular complexity index is 520. The van der Waals surface area contributed by atoms with E-state index in [1.165, 1.54) is 0 Å². The van der Waals surface area contributed by atoms with Crippen LogP contribution in [0.2, 0.25) is 0 Å². The van der Waals surface area contributed by atoms with Crippen LogP contribution in [0.15, 0.2) is 47.7 Å². The van der Waals surface area contributed by atoms with Gasteiger partial charge in [0.05, 0.1) is 5.71 Å². The molecule has 0 saturated carbocycles. The second kappa shape index (κ2) is 5.21. The first-order valence-electron chi connectivity index (χ1n) is 5.41. The summed E-state index contributed by atoms with van der Waals surface area (Å²) >= 11 is 0. The first-order chi connectivity index (χ1) is 8.25. The van der Waals surface area contributed by atoms with Crippen LogP contribution in [0.25, 0.3) is 0 Å². The van der Waals surface area contributed by atoms with E-state index in [0.29, 0.717) is 5.95 Å². The summed E-state index contributed by atoms with van der Waals surface area (Å²) in [6, 6.07) is 11.8. The first-order valence-corrected chi connectivity index (χ1v) is 5.41. The van der Waals surface area contributed by atoms with Gasteiger partial charge in [0, 0.05) is 11.9 Å². The van der Waals surface area contributed by atoms with E-state index in [-0.39, 0.29) is 0 Å². The lowest BCUT2D eigenvalue weighted by atomic mass is 10.1. The van der Waals surface area contributed by atoms with Gasteiger partial charge in [-0.3, -0.25) is 0 Å². The highest BCUT2D eigenvalue weighted by atomic mass is 15.3. The fourth-order valence-electron chi connectivity index (χ4n) is 1.38. The van der Waals surface area contributed by atoms with Crippen molar-refractivity contribution in [3.05, 3.63) is 53.9 Å². The van der Waals surface area contributed by atoms with Gasteiger partial charge in [0.25, 0.3) is 0 Å². The number of hydrogen-bond acceptors (Lipinski definition) is 4. The van der Waals surface area contributed by atoms with Gasteiger partial charge in [0.15, 0.2) is 0 Å². The Kier molecular flexibility index (Phi) is 3.45. The summed E-state index contributed by atoms with van der Waals surface area (Å²) in [5.74, 6) is 0.514. The fourth-order valence-corrected chi connectivity index (χ4v) is 1.38. The SMILES string of the molecule is CC(=NNc1nccc(C)n1)c1ccccc1. The van der Waals surface area contributed by atoms with Crippen molar-refractivity contribution in [2.75, 3.05) is 5.43 Å². The first kappa shape index (κ1) is 11.3. The van der Waals surface area contributed by atoms with Crippen molar-refractivity contribution >= 4 is 11.7 Å². The molecule has 1 aromatic heterocycles. The standard InChI is InChI=1S/C13H14N4/c1-10-8-9-14-13(15-10)17-16-11(2)12-6-4-3-5-7-12/h3-9H,1-2H3,(H,14,15,17). The van der Waals surface area contributed by atoms with E-state index in [2.05, 4.69) is 20.5 Å². The second-order valence-corrected chi connectivity index (χ2v) is 3.70. The van der Waals surface area contributed by atoms with Gasteiger partial charge in [0.1, 0.15) is 0 Å². The van der Waals surface area contributed by atoms with Crippen molar-refractivity contribution in [2.24, 2.45) is 5.10 Å². The molecule has 4 heteroatoms. The van der Waals surface area contributed by atoms with Crippen LogP contribution in [-0.2, 0) is 0 Å². The summed E-state index contributed by atoms with van der Waals surface area (Å²) in [6.07, 6.45) is 1.71. The molecule has 1 aromatic carbocycles. The molecule has 17 heavy (non-hydrogen) atoms. The van der Waals surface area contributed by atoms with Crippen LogP contribution in [0.1, 0.15) is 18.2 Å². The third kappa shape index (κ3) is 3.11. The molecule has 86 valence electrons. The molecular formula is C13H14N4. The summed E-state index contributed by atoms with van der Waals surface area (Å²) in [5, 5.41) is 4.25. The predicted octanol–water partition coefficient (Wildman–Crippen LogP) is 2.62. The molecule has 0 spiro atoms. The minimum Gasteiger partial charge on any atom is -0.245 e. The minimum atomic E-state index is 0.514. The summed E-state index contributed by atoms with van der Waals surface area (Å²) in [5.41, 5.74) is 5.74. The Labute approximate surface area is 100 Å². The number of aryl methyl sites for hydroxylation is 1. The lowest BCUT2D eigenvalue weighted by Crippen LogP contribution is -2.02. The van der Waals surface area contributed by atoms with Crippen molar-refractivity contribution in [1.82, 2.24) is 9.97 Å². The predicted molar refractivity (Wildman–Crippen MR) is 69.0 cm³/mol. The highest BCUT2D eigenvalue weighted by Crippen LogP contribution is 2.03. The van der Waals surface area contributed by atoms with Gasteiger partial charge in [-0.25, -0.2) is 15.4 Å². The third-order valence-electron chi connectivity index (χ3n) is 2.31. The molecule has 1 N–H and O–H groups in total. The van der Waals surface area contributed by atoms with Crippen molar-refractivity contribution in [1.29, 1.82) is 0 Å². The number of nitrogens with one attached hydrogen (secondary N) is 1. The summed E-state index contributed by atoms with van der Waals surface area (Å²) in [4.78, 5) is 8.29. The largest absolute Gasteiger partial charge is 0.245 e. The number of benzene rings is 1. The summed E-state index contributed by atoms with van der Waals surface area (Å²) < 4.78 is 0. The van der Waals surface area contributed by atoms with E-state index < -0.39 is 0 Å². The highest BCUT2D eigenvalue weighted by Gasteiger charge is 1.97. The van der Waals surface area contributed by atoms with E-state index in [9.17, 15) is 0 Å². The Morgan fingerprint density at radius 1 is 1.18 bits per heavy atom. The molecular weight excluding hydrogens is 212 g/mol. The van der Waals surface area contributed by atoms with Crippen molar-refractivity contribution in [2.45, 2.75) is 13.8 Å². The Balaban J connectivity index is 2.11. The van der Waals surface area contributed by atoms with E-state index in [0.717, 1.165) is 17.0 Å². The maximum Gasteiger partial charge on any atom is 0.243 e. The molecule has 4 nitrogen and oxygen atoms in total. The molecule has 0 fully saturated rings. The molecule has 0 atom stereocenters. The molecule has 2 rings (SSSR count). The van der Waals surface area contributed by atoms with Crippen LogP contribution in [-0.4, -0.2) is 15.7 Å². The number of aromatic nitrogens is 2. The monoisotopic (exact) mass is 226 g/mol. The zero-order valence-electron chi connectivity index (χ0n) is 9.88. The molecule has 1 heterocycles. The van der Waals surface area contributed by atoms with Gasteiger partial charge >= 0.3 is 0 Å². The molecule has 0 amide bonds. The van der Waals surface area contributed by atoms with Crippen molar-refractivity contribution < 1.29 is 0 Å². The average molecular weight is 226 g/mol. The van der Waals surface area contributed by atoms with Gasteiger partial charge in [0.2, 0.25) is 5.95 Å². The summed E-state index contributed by atoms with van der Waals surface area (Å²) in [7, 11) is 0. The van der Waals surface area contributed by atoms with E-state index in [1.807, 2.05) is 50.2 Å². The van der Waals surface area contributed by atoms with Gasteiger partial charge in [-0.2, -0.15) is 5.10 Å². The lowest BCUT2D eigenvalue weighted by Gasteiger charge is -2.02. The quantitative estimate of drug-likeness (QED) is 0.646. The number of rotatable bonds is 3. The Hall–Kier alpha value is -2.23. The van der Waals surface area contributed by atoms with Gasteiger partial charge in [-0.1, -0.05) is 30.3 Å². The van der Waals surface area contributed by atoms with E-state index in [4.69, 9.17) is 0 Å². The number of hydrogen-bond donors (Lipinski definition) is 1. The van der Waals surface area contributed by atoms with Crippen LogP contribution in [0, 0.1) is 6.92 Å². The molecule has 0 aliphatic rings. The highest BCUT2D eigenvalue weighted by molar-refractivity contribution is 5.98. The Morgan fingerprint density at radius 3 is 2.65 bits per heavy atom. The van der Waals surface area contributed by atoms with Crippen LogP contribution in [0.3, 0.4) is 0 Å². The smallest absolute Gasteiger partial charge is 0.243 e. The number of anilines is 1. The van der Waals surface area contributed by atoms with Crippen LogP contribution in [0.5, 0.6) is 0 Å². The maximum absolute atomic E-state index is 4.25. The topological polar surface area (TPSA) is 50.2 Å². The van der Waals surface area contributed by atoms with Crippen LogP contribution in [0.4, 0.5) is 5.95 Å². The number of hydrazone groups is 1. The zero-order valence-corrected chi connectivity index (χ0v) is 9.88. The van der Waals surface area contributed by atoms with Crippen molar-refractivity contribution in [3.8, 4) is 0 Å². The molecule has 0 saturated heterocycles. The second-order valence-electron chi connectivity index (χ2n) is 3.70. The molecule has 0 unspecified atom stereocenters. The molecule has 0 bridgehead atoms.